The number of nitrogens with two attached hydrogens (primary N) is 1. The number of hydrogen-bond acceptors (Lipinski definition) is 4. The molecule has 0 rings (SSSR count). The molecule has 0 saturated carbocycles. The molecule has 2 amide bonds. The van der Waals surface area contributed by atoms with Crippen LogP contribution in [0.1, 0.15) is 26.2 Å². The number of ether oxygens (including phenoxy) is 1. The van der Waals surface area contributed by atoms with E-state index >= 15 is 0 Å². The molecule has 19 heavy (non-hydrogen) atoms. The maximum atomic E-state index is 12.2. The number of carbonyl (C=O) groups excluding carboxylic acids is 2. The third-order valence-corrected chi connectivity index (χ3v) is 2.89. The fourth-order valence-corrected chi connectivity index (χ4v) is 1.56. The molecule has 6 nitrogen and oxygen atoms in total. The van der Waals surface area contributed by atoms with Crippen LogP contribution in [0.2, 0.25) is 0 Å². The second-order valence-electron chi connectivity index (χ2n) is 4.79. The quantitative estimate of drug-likeness (QED) is 0.645. The van der Waals surface area contributed by atoms with E-state index in [0.717, 1.165) is 12.8 Å². The molecule has 112 valence electrons. The number of amides is 2. The normalized spacial score (nSPS) is 12.1. The highest BCUT2D eigenvalue weighted by molar-refractivity contribution is 5.87. The van der Waals surface area contributed by atoms with Crippen molar-refractivity contribution in [1.82, 2.24) is 9.80 Å². The van der Waals surface area contributed by atoms with Gasteiger partial charge in [-0.05, 0) is 6.42 Å². The summed E-state index contributed by atoms with van der Waals surface area (Å²) >= 11 is 0. The van der Waals surface area contributed by atoms with Gasteiger partial charge >= 0.3 is 0 Å². The molecule has 1 atom stereocenters. The molecule has 0 unspecified atom stereocenters. The van der Waals surface area contributed by atoms with E-state index in [-0.39, 0.29) is 18.4 Å². The van der Waals surface area contributed by atoms with E-state index in [0.29, 0.717) is 19.6 Å². The van der Waals surface area contributed by atoms with Crippen molar-refractivity contribution >= 4 is 11.8 Å². The second-order valence-corrected chi connectivity index (χ2v) is 4.79. The standard InChI is InChI=1S/C13H27N3O3/c1-5-6-7-11(14)13(18)16(8-9-19-4)10-12(17)15(2)3/h11H,5-10,14H2,1-4H3/t11-/m0/s1. The molecule has 0 aliphatic rings. The number of likely N-dealkylation sites (N-methyl/N-ethyl adjacent to an activating group) is 1. The van der Waals surface area contributed by atoms with Crippen molar-refractivity contribution in [3.05, 3.63) is 0 Å². The van der Waals surface area contributed by atoms with Gasteiger partial charge < -0.3 is 20.3 Å². The lowest BCUT2D eigenvalue weighted by molar-refractivity contribution is -0.140. The molecule has 0 saturated heterocycles. The van der Waals surface area contributed by atoms with Gasteiger partial charge in [0.25, 0.3) is 0 Å². The van der Waals surface area contributed by atoms with Crippen LogP contribution in [-0.2, 0) is 14.3 Å². The number of unbranched alkanes of at least 4 members (excludes halogenated alkanes) is 1. The molecule has 6 heteroatoms. The van der Waals surface area contributed by atoms with Gasteiger partial charge in [0.2, 0.25) is 11.8 Å². The van der Waals surface area contributed by atoms with Crippen LogP contribution in [0.4, 0.5) is 0 Å². The molecular weight excluding hydrogens is 246 g/mol. The van der Waals surface area contributed by atoms with E-state index in [1.165, 1.54) is 9.80 Å². The van der Waals surface area contributed by atoms with E-state index in [1.807, 2.05) is 0 Å². The van der Waals surface area contributed by atoms with Crippen molar-refractivity contribution in [3.8, 4) is 0 Å². The Morgan fingerprint density at radius 3 is 2.42 bits per heavy atom. The zero-order valence-corrected chi connectivity index (χ0v) is 12.5. The lowest BCUT2D eigenvalue weighted by Crippen LogP contribution is -2.48. The topological polar surface area (TPSA) is 75.9 Å². The van der Waals surface area contributed by atoms with Crippen molar-refractivity contribution in [2.45, 2.75) is 32.2 Å². The second kappa shape index (κ2) is 9.75. The smallest absolute Gasteiger partial charge is 0.241 e. The molecule has 0 aromatic heterocycles. The summed E-state index contributed by atoms with van der Waals surface area (Å²) in [6.45, 7) is 2.88. The van der Waals surface area contributed by atoms with Crippen molar-refractivity contribution in [3.63, 3.8) is 0 Å². The molecule has 0 heterocycles. The Kier molecular flexibility index (Phi) is 9.16. The molecule has 0 aromatic rings. The summed E-state index contributed by atoms with van der Waals surface area (Å²) in [5, 5.41) is 0. The Balaban J connectivity index is 4.54. The summed E-state index contributed by atoms with van der Waals surface area (Å²) in [6, 6.07) is -0.535. The van der Waals surface area contributed by atoms with Crippen molar-refractivity contribution < 1.29 is 14.3 Å². The van der Waals surface area contributed by atoms with Crippen LogP contribution in [0, 0.1) is 0 Å². The van der Waals surface area contributed by atoms with Crippen molar-refractivity contribution in [1.29, 1.82) is 0 Å². The van der Waals surface area contributed by atoms with Gasteiger partial charge in [0.05, 0.1) is 19.2 Å². The first-order valence-corrected chi connectivity index (χ1v) is 6.67. The maximum Gasteiger partial charge on any atom is 0.241 e. The van der Waals surface area contributed by atoms with Crippen LogP contribution < -0.4 is 5.73 Å². The average molecular weight is 273 g/mol. The minimum atomic E-state index is -0.535. The molecule has 2 N–H and O–H groups in total. The van der Waals surface area contributed by atoms with E-state index < -0.39 is 6.04 Å². The molecule has 0 aromatic carbocycles. The van der Waals surface area contributed by atoms with Gasteiger partial charge in [-0.2, -0.15) is 0 Å². The minimum absolute atomic E-state index is 0.0506. The van der Waals surface area contributed by atoms with Crippen LogP contribution in [0.25, 0.3) is 0 Å². The number of carbonyl (C=O) groups is 2. The molecule has 0 bridgehead atoms. The predicted octanol–water partition coefficient (Wildman–Crippen LogP) is 0.0671. The SMILES string of the molecule is CCCC[C@H](N)C(=O)N(CCOC)CC(=O)N(C)C. The lowest BCUT2D eigenvalue weighted by Gasteiger charge is -2.26. The average Bonchev–Trinajstić information content (AvgIpc) is 2.39. The van der Waals surface area contributed by atoms with Crippen LogP contribution in [0.15, 0.2) is 0 Å². The summed E-state index contributed by atoms with van der Waals surface area (Å²) in [6.07, 6.45) is 2.55. The molecule has 0 fully saturated rings. The van der Waals surface area contributed by atoms with Gasteiger partial charge in [-0.15, -0.1) is 0 Å². The lowest BCUT2D eigenvalue weighted by atomic mass is 10.1. The molecule has 0 radical (unpaired) electrons. The van der Waals surface area contributed by atoms with Gasteiger partial charge in [-0.3, -0.25) is 9.59 Å². The Hall–Kier alpha value is -1.14. The number of rotatable bonds is 9. The van der Waals surface area contributed by atoms with Gasteiger partial charge in [-0.25, -0.2) is 0 Å². The van der Waals surface area contributed by atoms with Gasteiger partial charge in [0.15, 0.2) is 0 Å². The van der Waals surface area contributed by atoms with E-state index in [1.54, 1.807) is 21.2 Å². The highest BCUT2D eigenvalue weighted by Gasteiger charge is 2.23. The molecule has 0 spiro atoms. The summed E-state index contributed by atoms with van der Waals surface area (Å²) in [7, 11) is 4.89. The predicted molar refractivity (Wildman–Crippen MR) is 74.7 cm³/mol. The number of nitrogens with zero attached hydrogens (tertiary/aromatic N) is 2. The molecular formula is C13H27N3O3. The Morgan fingerprint density at radius 2 is 1.95 bits per heavy atom. The van der Waals surface area contributed by atoms with Crippen LogP contribution in [0.5, 0.6) is 0 Å². The first-order chi connectivity index (χ1) is 8.93. The fraction of sp³-hybridized carbons (Fsp3) is 0.846. The van der Waals surface area contributed by atoms with Gasteiger partial charge in [0, 0.05) is 27.7 Å². The summed E-state index contributed by atoms with van der Waals surface area (Å²) in [4.78, 5) is 26.8. The first-order valence-electron chi connectivity index (χ1n) is 6.67. The fourth-order valence-electron chi connectivity index (χ4n) is 1.56. The van der Waals surface area contributed by atoms with Gasteiger partial charge in [0.1, 0.15) is 0 Å². The zero-order valence-electron chi connectivity index (χ0n) is 12.5. The van der Waals surface area contributed by atoms with Gasteiger partial charge in [-0.1, -0.05) is 19.8 Å². The first kappa shape index (κ1) is 17.9. The monoisotopic (exact) mass is 273 g/mol. The van der Waals surface area contributed by atoms with Crippen LogP contribution in [0.3, 0.4) is 0 Å². The minimum Gasteiger partial charge on any atom is -0.383 e. The Morgan fingerprint density at radius 1 is 1.32 bits per heavy atom. The summed E-state index contributed by atoms with van der Waals surface area (Å²) < 4.78 is 4.97. The maximum absolute atomic E-state index is 12.2. The number of hydrogen-bond donors (Lipinski definition) is 1. The van der Waals surface area contributed by atoms with Crippen molar-refractivity contribution in [2.75, 3.05) is 40.9 Å². The Bertz CT molecular complexity index is 282. The van der Waals surface area contributed by atoms with E-state index in [2.05, 4.69) is 6.92 Å². The highest BCUT2D eigenvalue weighted by Crippen LogP contribution is 2.03. The summed E-state index contributed by atoms with van der Waals surface area (Å²) in [5.74, 6) is -0.298. The Labute approximate surface area is 115 Å². The largest absolute Gasteiger partial charge is 0.383 e. The van der Waals surface area contributed by atoms with E-state index in [4.69, 9.17) is 10.5 Å². The third kappa shape index (κ3) is 7.12. The molecule has 0 aliphatic carbocycles. The van der Waals surface area contributed by atoms with Crippen molar-refractivity contribution in [2.24, 2.45) is 5.73 Å². The molecule has 0 aliphatic heterocycles. The third-order valence-electron chi connectivity index (χ3n) is 2.89. The zero-order chi connectivity index (χ0) is 14.8. The van der Waals surface area contributed by atoms with Crippen LogP contribution in [-0.4, -0.2) is 68.6 Å². The van der Waals surface area contributed by atoms with Crippen LogP contribution >= 0.6 is 0 Å². The highest BCUT2D eigenvalue weighted by atomic mass is 16.5. The summed E-state index contributed by atoms with van der Waals surface area (Å²) in [5.41, 5.74) is 5.87. The van der Waals surface area contributed by atoms with E-state index in [9.17, 15) is 9.59 Å². The number of methoxy groups -OCH3 is 1.